The van der Waals surface area contributed by atoms with Crippen LogP contribution in [0.2, 0.25) is 0 Å². The number of carbonyl (C=O) groups excluding carboxylic acids is 2. The molecular formula is C20H19N3O2S. The number of thiophene rings is 1. The lowest BCUT2D eigenvalue weighted by atomic mass is 10.1. The summed E-state index contributed by atoms with van der Waals surface area (Å²) in [6.07, 6.45) is 3.14. The summed E-state index contributed by atoms with van der Waals surface area (Å²) in [6, 6.07) is 14.4. The van der Waals surface area contributed by atoms with Gasteiger partial charge in [-0.3, -0.25) is 14.6 Å². The predicted molar refractivity (Wildman–Crippen MR) is 105 cm³/mol. The Bertz CT molecular complexity index is 922. The van der Waals surface area contributed by atoms with E-state index in [1.807, 2.05) is 26.0 Å². The fourth-order valence-corrected chi connectivity index (χ4v) is 3.37. The number of pyridine rings is 1. The van der Waals surface area contributed by atoms with E-state index in [0.29, 0.717) is 16.9 Å². The molecule has 2 aromatic heterocycles. The summed E-state index contributed by atoms with van der Waals surface area (Å²) in [5, 5.41) is 5.73. The van der Waals surface area contributed by atoms with Crippen molar-refractivity contribution < 1.29 is 9.59 Å². The van der Waals surface area contributed by atoms with Crippen LogP contribution in [0.15, 0.2) is 60.9 Å². The van der Waals surface area contributed by atoms with Crippen molar-refractivity contribution in [3.63, 3.8) is 0 Å². The molecule has 0 saturated carbocycles. The standard InChI is InChI=1S/C20H19N3O2S/c1-13-6-7-18(26-13)14(2)19(24)22-16-4-3-5-17(12-16)23-20(25)15-8-10-21-11-9-15/h3-12,14H,1-2H3,(H,22,24)(H,23,25)/t14-/m1/s1. The molecule has 132 valence electrons. The van der Waals surface area contributed by atoms with Crippen LogP contribution in [-0.4, -0.2) is 16.8 Å². The number of aromatic nitrogens is 1. The van der Waals surface area contributed by atoms with Gasteiger partial charge in [-0.15, -0.1) is 11.3 Å². The van der Waals surface area contributed by atoms with E-state index >= 15 is 0 Å². The topological polar surface area (TPSA) is 71.1 Å². The second kappa shape index (κ2) is 7.93. The first-order valence-electron chi connectivity index (χ1n) is 8.21. The lowest BCUT2D eigenvalue weighted by molar-refractivity contribution is -0.117. The molecule has 3 aromatic rings. The quantitative estimate of drug-likeness (QED) is 0.702. The van der Waals surface area contributed by atoms with Crippen molar-refractivity contribution in [1.29, 1.82) is 0 Å². The molecule has 0 aliphatic rings. The molecule has 3 rings (SSSR count). The summed E-state index contributed by atoms with van der Waals surface area (Å²) in [7, 11) is 0. The highest BCUT2D eigenvalue weighted by Gasteiger charge is 2.17. The maximum absolute atomic E-state index is 12.5. The molecule has 2 N–H and O–H groups in total. The normalized spacial score (nSPS) is 11.6. The van der Waals surface area contributed by atoms with Crippen LogP contribution >= 0.6 is 11.3 Å². The second-order valence-electron chi connectivity index (χ2n) is 5.93. The van der Waals surface area contributed by atoms with Crippen LogP contribution in [0.4, 0.5) is 11.4 Å². The van der Waals surface area contributed by atoms with Crippen molar-refractivity contribution in [3.05, 3.63) is 76.2 Å². The Balaban J connectivity index is 1.67. The molecule has 26 heavy (non-hydrogen) atoms. The van der Waals surface area contributed by atoms with Crippen molar-refractivity contribution in [3.8, 4) is 0 Å². The highest BCUT2D eigenvalue weighted by molar-refractivity contribution is 7.12. The molecule has 0 aliphatic heterocycles. The van der Waals surface area contributed by atoms with Crippen molar-refractivity contribution in [2.75, 3.05) is 10.6 Å². The summed E-state index contributed by atoms with van der Waals surface area (Å²) < 4.78 is 0. The maximum atomic E-state index is 12.5. The van der Waals surface area contributed by atoms with Crippen LogP contribution in [0.5, 0.6) is 0 Å². The number of anilines is 2. The zero-order valence-electron chi connectivity index (χ0n) is 14.5. The number of aryl methyl sites for hydroxylation is 1. The highest BCUT2D eigenvalue weighted by Crippen LogP contribution is 2.26. The van der Waals surface area contributed by atoms with E-state index in [1.54, 1.807) is 60.1 Å². The minimum atomic E-state index is -0.233. The van der Waals surface area contributed by atoms with Gasteiger partial charge in [0.15, 0.2) is 0 Å². The van der Waals surface area contributed by atoms with Crippen molar-refractivity contribution in [2.45, 2.75) is 19.8 Å². The molecule has 1 aromatic carbocycles. The SMILES string of the molecule is Cc1ccc([C@@H](C)C(=O)Nc2cccc(NC(=O)c3ccncc3)c2)s1. The fourth-order valence-electron chi connectivity index (χ4n) is 2.45. The van der Waals surface area contributed by atoms with Gasteiger partial charge >= 0.3 is 0 Å². The Kier molecular flexibility index (Phi) is 5.43. The van der Waals surface area contributed by atoms with E-state index in [0.717, 1.165) is 4.88 Å². The largest absolute Gasteiger partial charge is 0.325 e. The Labute approximate surface area is 156 Å². The van der Waals surface area contributed by atoms with E-state index in [-0.39, 0.29) is 17.7 Å². The lowest BCUT2D eigenvalue weighted by Crippen LogP contribution is -2.18. The fraction of sp³-hybridized carbons (Fsp3) is 0.150. The molecule has 5 nitrogen and oxygen atoms in total. The van der Waals surface area contributed by atoms with Crippen LogP contribution < -0.4 is 10.6 Å². The number of carbonyl (C=O) groups is 2. The molecule has 0 saturated heterocycles. The molecule has 6 heteroatoms. The number of hydrogen-bond acceptors (Lipinski definition) is 4. The second-order valence-corrected chi connectivity index (χ2v) is 7.25. The third-order valence-electron chi connectivity index (χ3n) is 3.91. The lowest BCUT2D eigenvalue weighted by Gasteiger charge is -2.12. The summed E-state index contributed by atoms with van der Waals surface area (Å²) in [5.74, 6) is -0.536. The van der Waals surface area contributed by atoms with Crippen LogP contribution in [0, 0.1) is 6.92 Å². The van der Waals surface area contributed by atoms with Crippen LogP contribution in [0.25, 0.3) is 0 Å². The summed E-state index contributed by atoms with van der Waals surface area (Å²) in [6.45, 7) is 3.91. The third-order valence-corrected chi connectivity index (χ3v) is 5.10. The minimum Gasteiger partial charge on any atom is -0.325 e. The molecule has 0 fully saturated rings. The first-order chi connectivity index (χ1) is 12.5. The van der Waals surface area contributed by atoms with Crippen LogP contribution in [0.1, 0.15) is 33.0 Å². The zero-order valence-corrected chi connectivity index (χ0v) is 15.3. The first kappa shape index (κ1) is 17.8. The number of benzene rings is 1. The van der Waals surface area contributed by atoms with Crippen LogP contribution in [0.3, 0.4) is 0 Å². The number of hydrogen-bond donors (Lipinski definition) is 2. The molecular weight excluding hydrogens is 346 g/mol. The van der Waals surface area contributed by atoms with Gasteiger partial charge in [0.2, 0.25) is 5.91 Å². The predicted octanol–water partition coefficient (Wildman–Crippen LogP) is 4.45. The summed E-state index contributed by atoms with van der Waals surface area (Å²) >= 11 is 1.62. The molecule has 0 aliphatic carbocycles. The average Bonchev–Trinajstić information content (AvgIpc) is 3.08. The first-order valence-corrected chi connectivity index (χ1v) is 9.03. The number of amides is 2. The Hall–Kier alpha value is -2.99. The van der Waals surface area contributed by atoms with Crippen molar-refractivity contribution >= 4 is 34.5 Å². The van der Waals surface area contributed by atoms with Gasteiger partial charge in [0.25, 0.3) is 5.91 Å². The van der Waals surface area contributed by atoms with Crippen molar-refractivity contribution in [2.24, 2.45) is 0 Å². The molecule has 0 bridgehead atoms. The highest BCUT2D eigenvalue weighted by atomic mass is 32.1. The number of nitrogens with zero attached hydrogens (tertiary/aromatic N) is 1. The Morgan fingerprint density at radius 1 is 1.00 bits per heavy atom. The van der Waals surface area contributed by atoms with Gasteiger partial charge in [0, 0.05) is 39.1 Å². The monoisotopic (exact) mass is 365 g/mol. The maximum Gasteiger partial charge on any atom is 0.255 e. The van der Waals surface area contributed by atoms with Crippen LogP contribution in [-0.2, 0) is 4.79 Å². The summed E-state index contributed by atoms with van der Waals surface area (Å²) in [5.41, 5.74) is 1.78. The zero-order chi connectivity index (χ0) is 18.5. The molecule has 0 spiro atoms. The van der Waals surface area contributed by atoms with Crippen molar-refractivity contribution in [1.82, 2.24) is 4.98 Å². The van der Waals surface area contributed by atoms with E-state index < -0.39 is 0 Å². The van der Waals surface area contributed by atoms with Gasteiger partial charge in [-0.2, -0.15) is 0 Å². The minimum absolute atomic E-state index is 0.0792. The van der Waals surface area contributed by atoms with E-state index in [4.69, 9.17) is 0 Å². The van der Waals surface area contributed by atoms with E-state index in [1.165, 1.54) is 4.88 Å². The van der Waals surface area contributed by atoms with Gasteiger partial charge in [-0.1, -0.05) is 6.07 Å². The molecule has 1 atom stereocenters. The average molecular weight is 365 g/mol. The van der Waals surface area contributed by atoms with E-state index in [2.05, 4.69) is 15.6 Å². The number of rotatable bonds is 5. The van der Waals surface area contributed by atoms with Gasteiger partial charge < -0.3 is 10.6 Å². The molecule has 0 radical (unpaired) electrons. The Morgan fingerprint density at radius 3 is 2.35 bits per heavy atom. The molecule has 0 unspecified atom stereocenters. The van der Waals surface area contributed by atoms with Gasteiger partial charge in [0.1, 0.15) is 0 Å². The number of nitrogens with one attached hydrogen (secondary N) is 2. The molecule has 2 heterocycles. The summed E-state index contributed by atoms with van der Waals surface area (Å²) in [4.78, 5) is 30.8. The molecule has 2 amide bonds. The smallest absolute Gasteiger partial charge is 0.255 e. The van der Waals surface area contributed by atoms with E-state index in [9.17, 15) is 9.59 Å². The Morgan fingerprint density at radius 2 is 1.69 bits per heavy atom. The third kappa shape index (κ3) is 4.34. The van der Waals surface area contributed by atoms with Gasteiger partial charge in [0.05, 0.1) is 5.92 Å². The van der Waals surface area contributed by atoms with Gasteiger partial charge in [-0.05, 0) is 56.3 Å². The van der Waals surface area contributed by atoms with Gasteiger partial charge in [-0.25, -0.2) is 0 Å².